The summed E-state index contributed by atoms with van der Waals surface area (Å²) in [5, 5.41) is 3.16. The van der Waals surface area contributed by atoms with Gasteiger partial charge in [-0.2, -0.15) is 0 Å². The van der Waals surface area contributed by atoms with E-state index in [1.54, 1.807) is 0 Å². The van der Waals surface area contributed by atoms with Crippen LogP contribution in [0.2, 0.25) is 0 Å². The monoisotopic (exact) mass is 347 g/mol. The lowest BCUT2D eigenvalue weighted by atomic mass is 9.64. The van der Waals surface area contributed by atoms with E-state index in [0.29, 0.717) is 19.2 Å². The van der Waals surface area contributed by atoms with Crippen LogP contribution in [0, 0.1) is 5.41 Å². The number of hydrogen-bond acceptors (Lipinski definition) is 4. The van der Waals surface area contributed by atoms with E-state index >= 15 is 0 Å². The van der Waals surface area contributed by atoms with Crippen LogP contribution in [-0.2, 0) is 4.74 Å². The molecule has 3 N–H and O–H groups in total. The van der Waals surface area contributed by atoms with Crippen LogP contribution < -0.4 is 20.5 Å². The first-order valence-corrected chi connectivity index (χ1v) is 9.01. The van der Waals surface area contributed by atoms with Crippen molar-refractivity contribution in [2.24, 2.45) is 16.1 Å². The van der Waals surface area contributed by atoms with Gasteiger partial charge in [0.2, 0.25) is 0 Å². The van der Waals surface area contributed by atoms with E-state index in [1.807, 2.05) is 18.2 Å². The number of nitrogens with two attached hydrogens (primary N) is 1. The average Bonchev–Trinajstić information content (AvgIpc) is 2.78. The van der Waals surface area contributed by atoms with Crippen LogP contribution in [0.3, 0.4) is 0 Å². The minimum Gasteiger partial charge on any atom is -0.490 e. The normalized spacial score (nSPS) is 25.2. The molecule has 1 aliphatic carbocycles. The number of guanidine groups is 1. The van der Waals surface area contributed by atoms with Crippen molar-refractivity contribution >= 4 is 11.6 Å². The Morgan fingerprint density at radius 2 is 2.00 bits per heavy atom. The zero-order valence-electron chi connectivity index (χ0n) is 15.5. The largest absolute Gasteiger partial charge is 0.490 e. The van der Waals surface area contributed by atoms with Crippen LogP contribution in [0.15, 0.2) is 23.2 Å². The fourth-order valence-corrected chi connectivity index (χ4v) is 3.23. The predicted molar refractivity (Wildman–Crippen MR) is 99.5 cm³/mol. The summed E-state index contributed by atoms with van der Waals surface area (Å²) in [6.07, 6.45) is 2.24. The van der Waals surface area contributed by atoms with Gasteiger partial charge in [0.1, 0.15) is 0 Å². The lowest BCUT2D eigenvalue weighted by Crippen LogP contribution is -2.55. The fraction of sp³-hybridized carbons (Fsp3) is 0.632. The van der Waals surface area contributed by atoms with E-state index < -0.39 is 0 Å². The molecule has 2 aliphatic rings. The van der Waals surface area contributed by atoms with Crippen molar-refractivity contribution in [2.75, 3.05) is 18.5 Å². The molecule has 6 nitrogen and oxygen atoms in total. The average molecular weight is 347 g/mol. The van der Waals surface area contributed by atoms with Crippen LogP contribution in [0.5, 0.6) is 11.5 Å². The van der Waals surface area contributed by atoms with Gasteiger partial charge in [-0.05, 0) is 32.4 Å². The molecule has 2 unspecified atom stereocenters. The number of anilines is 1. The topological polar surface area (TPSA) is 78.1 Å². The van der Waals surface area contributed by atoms with Gasteiger partial charge in [-0.1, -0.05) is 13.8 Å². The van der Waals surface area contributed by atoms with E-state index in [2.05, 4.69) is 38.0 Å². The molecule has 0 spiro atoms. The molecule has 1 aromatic rings. The van der Waals surface area contributed by atoms with Gasteiger partial charge in [0.05, 0.1) is 31.5 Å². The van der Waals surface area contributed by atoms with Gasteiger partial charge in [-0.25, -0.2) is 4.99 Å². The summed E-state index contributed by atoms with van der Waals surface area (Å²) in [5.74, 6) is 1.92. The number of rotatable bonds is 4. The van der Waals surface area contributed by atoms with E-state index in [0.717, 1.165) is 30.0 Å². The SMILES string of the molecule is CC(C)OC1CC(N=C(N)Nc2ccc3c(c2)OCCCO3)C1(C)C. The number of benzene rings is 1. The molecule has 0 saturated heterocycles. The standard InChI is InChI=1S/C19H29N3O3/c1-12(2)25-17-11-16(19(17,3)4)22-18(20)21-13-6-7-14-15(10-13)24-9-5-8-23-14/h6-7,10,12,16-17H,5,8-9,11H2,1-4H3,(H3,20,21,22). The maximum atomic E-state index is 6.12. The molecule has 6 heteroatoms. The fourth-order valence-electron chi connectivity index (χ4n) is 3.23. The maximum Gasteiger partial charge on any atom is 0.193 e. The second kappa shape index (κ2) is 7.12. The van der Waals surface area contributed by atoms with Crippen molar-refractivity contribution in [3.63, 3.8) is 0 Å². The summed E-state index contributed by atoms with van der Waals surface area (Å²) in [5.41, 5.74) is 6.95. The van der Waals surface area contributed by atoms with Gasteiger partial charge < -0.3 is 25.3 Å². The number of ether oxygens (including phenoxy) is 3. The van der Waals surface area contributed by atoms with Crippen LogP contribution in [0.4, 0.5) is 5.69 Å². The van der Waals surface area contributed by atoms with E-state index in [9.17, 15) is 0 Å². The quantitative estimate of drug-likeness (QED) is 0.646. The molecule has 0 amide bonds. The van der Waals surface area contributed by atoms with Crippen molar-refractivity contribution in [1.82, 2.24) is 0 Å². The van der Waals surface area contributed by atoms with Crippen molar-refractivity contribution in [3.8, 4) is 11.5 Å². The molecule has 0 aromatic heterocycles. The third kappa shape index (κ3) is 4.00. The Bertz CT molecular complexity index is 643. The molecular formula is C19H29N3O3. The molecule has 2 atom stereocenters. The van der Waals surface area contributed by atoms with Crippen LogP contribution >= 0.6 is 0 Å². The first kappa shape index (κ1) is 17.9. The second-order valence-corrected chi connectivity index (χ2v) is 7.60. The molecular weight excluding hydrogens is 318 g/mol. The minimum absolute atomic E-state index is 0.0126. The second-order valence-electron chi connectivity index (χ2n) is 7.60. The Labute approximate surface area is 149 Å². The maximum absolute atomic E-state index is 6.12. The van der Waals surface area contributed by atoms with Crippen molar-refractivity contribution in [1.29, 1.82) is 0 Å². The molecule has 25 heavy (non-hydrogen) atoms. The molecule has 0 radical (unpaired) electrons. The number of nitrogens with zero attached hydrogens (tertiary/aromatic N) is 1. The first-order valence-electron chi connectivity index (χ1n) is 9.01. The lowest BCUT2D eigenvalue weighted by Gasteiger charge is -2.50. The van der Waals surface area contributed by atoms with E-state index in [-0.39, 0.29) is 23.7 Å². The first-order chi connectivity index (χ1) is 11.9. The minimum atomic E-state index is -0.0126. The molecule has 1 saturated carbocycles. The van der Waals surface area contributed by atoms with Gasteiger partial charge in [0.25, 0.3) is 0 Å². The van der Waals surface area contributed by atoms with E-state index in [4.69, 9.17) is 19.9 Å². The summed E-state index contributed by atoms with van der Waals surface area (Å²) in [7, 11) is 0. The number of fused-ring (bicyclic) bond motifs is 1. The summed E-state index contributed by atoms with van der Waals surface area (Å²) in [4.78, 5) is 4.65. The molecule has 1 heterocycles. The van der Waals surface area contributed by atoms with Crippen LogP contribution in [0.25, 0.3) is 0 Å². The van der Waals surface area contributed by atoms with E-state index in [1.165, 1.54) is 0 Å². The van der Waals surface area contributed by atoms with Gasteiger partial charge in [0.15, 0.2) is 17.5 Å². The number of hydrogen-bond donors (Lipinski definition) is 2. The highest BCUT2D eigenvalue weighted by Gasteiger charge is 2.49. The highest BCUT2D eigenvalue weighted by molar-refractivity contribution is 5.92. The summed E-state index contributed by atoms with van der Waals surface area (Å²) in [6, 6.07) is 5.88. The molecule has 3 rings (SSSR count). The van der Waals surface area contributed by atoms with Crippen molar-refractivity contribution in [3.05, 3.63) is 18.2 Å². The zero-order valence-corrected chi connectivity index (χ0v) is 15.5. The summed E-state index contributed by atoms with van der Waals surface area (Å²) < 4.78 is 17.3. The van der Waals surface area contributed by atoms with Gasteiger partial charge in [-0.3, -0.25) is 0 Å². The van der Waals surface area contributed by atoms with Crippen LogP contribution in [-0.4, -0.2) is 37.4 Å². The highest BCUT2D eigenvalue weighted by Crippen LogP contribution is 2.45. The third-order valence-corrected chi connectivity index (χ3v) is 4.88. The Kier molecular flexibility index (Phi) is 5.08. The molecule has 0 bridgehead atoms. The van der Waals surface area contributed by atoms with Crippen molar-refractivity contribution < 1.29 is 14.2 Å². The molecule has 1 aromatic carbocycles. The predicted octanol–water partition coefficient (Wildman–Crippen LogP) is 3.17. The third-order valence-electron chi connectivity index (χ3n) is 4.88. The van der Waals surface area contributed by atoms with Gasteiger partial charge >= 0.3 is 0 Å². The molecule has 1 fully saturated rings. The highest BCUT2D eigenvalue weighted by atomic mass is 16.5. The van der Waals surface area contributed by atoms with Crippen LogP contribution in [0.1, 0.15) is 40.5 Å². The van der Waals surface area contributed by atoms with Gasteiger partial charge in [0, 0.05) is 23.6 Å². The summed E-state index contributed by atoms with van der Waals surface area (Å²) >= 11 is 0. The smallest absolute Gasteiger partial charge is 0.193 e. The molecule has 1 aliphatic heterocycles. The lowest BCUT2D eigenvalue weighted by molar-refractivity contribution is -0.129. The molecule has 138 valence electrons. The zero-order chi connectivity index (χ0) is 18.0. The van der Waals surface area contributed by atoms with Crippen molar-refractivity contribution in [2.45, 2.75) is 58.8 Å². The number of nitrogens with one attached hydrogen (secondary N) is 1. The van der Waals surface area contributed by atoms with Gasteiger partial charge in [-0.15, -0.1) is 0 Å². The Hall–Kier alpha value is -1.95. The number of aliphatic imine (C=N–C) groups is 1. The Morgan fingerprint density at radius 3 is 2.68 bits per heavy atom. The Balaban J connectivity index is 1.63. The summed E-state index contributed by atoms with van der Waals surface area (Å²) in [6.45, 7) is 9.82. The Morgan fingerprint density at radius 1 is 1.28 bits per heavy atom.